The molecule has 0 radical (unpaired) electrons. The average Bonchev–Trinajstić information content (AvgIpc) is 2.74. The largest absolute Gasteiger partial charge is 0.491 e. The van der Waals surface area contributed by atoms with Crippen LogP contribution in [0, 0.1) is 0 Å². The Morgan fingerprint density at radius 1 is 1.44 bits per heavy atom. The second-order valence-electron chi connectivity index (χ2n) is 3.50. The summed E-state index contributed by atoms with van der Waals surface area (Å²) in [5.41, 5.74) is 0. The van der Waals surface area contributed by atoms with Gasteiger partial charge in [-0.05, 0) is 18.6 Å². The minimum atomic E-state index is -0.525. The predicted molar refractivity (Wildman–Crippen MR) is 58.9 cm³/mol. The molecule has 2 rings (SSSR count). The normalized spacial score (nSPS) is 14.6. The molecule has 1 atom stereocenters. The highest BCUT2D eigenvalue weighted by atomic mass is 16.7. The third kappa shape index (κ3) is 2.46. The summed E-state index contributed by atoms with van der Waals surface area (Å²) in [5, 5.41) is 9.45. The predicted octanol–water partition coefficient (Wildman–Crippen LogP) is 1.73. The molecule has 0 aliphatic carbocycles. The molecule has 4 heteroatoms. The molecule has 16 heavy (non-hydrogen) atoms. The van der Waals surface area contributed by atoms with E-state index in [-0.39, 0.29) is 13.4 Å². The molecule has 1 aromatic carbocycles. The summed E-state index contributed by atoms with van der Waals surface area (Å²) in [6.07, 6.45) is 1.65. The Labute approximate surface area is 94.1 Å². The zero-order valence-electron chi connectivity index (χ0n) is 8.89. The van der Waals surface area contributed by atoms with Gasteiger partial charge in [0.1, 0.15) is 12.4 Å². The van der Waals surface area contributed by atoms with Crippen molar-refractivity contribution in [3.05, 3.63) is 30.9 Å². The maximum atomic E-state index is 9.45. The number of aliphatic hydroxyl groups is 1. The highest BCUT2D eigenvalue weighted by Gasteiger charge is 2.14. The first-order valence-electron chi connectivity index (χ1n) is 5.11. The van der Waals surface area contributed by atoms with Crippen molar-refractivity contribution in [1.29, 1.82) is 0 Å². The fraction of sp³-hybridized carbons (Fsp3) is 0.333. The van der Waals surface area contributed by atoms with Gasteiger partial charge in [0.05, 0.1) is 6.10 Å². The van der Waals surface area contributed by atoms with Crippen molar-refractivity contribution < 1.29 is 19.3 Å². The second-order valence-corrected chi connectivity index (χ2v) is 3.50. The minimum Gasteiger partial charge on any atom is -0.491 e. The van der Waals surface area contributed by atoms with Crippen LogP contribution in [0.3, 0.4) is 0 Å². The van der Waals surface area contributed by atoms with E-state index in [0.717, 1.165) is 5.75 Å². The number of aliphatic hydroxyl groups excluding tert-OH is 1. The van der Waals surface area contributed by atoms with Gasteiger partial charge in [0.15, 0.2) is 11.5 Å². The van der Waals surface area contributed by atoms with E-state index in [1.54, 1.807) is 24.3 Å². The Morgan fingerprint density at radius 3 is 3.06 bits per heavy atom. The molecule has 86 valence electrons. The first kappa shape index (κ1) is 10.8. The van der Waals surface area contributed by atoms with E-state index in [4.69, 9.17) is 14.2 Å². The Bertz CT molecular complexity index is 375. The van der Waals surface area contributed by atoms with Gasteiger partial charge in [-0.15, -0.1) is 6.58 Å². The van der Waals surface area contributed by atoms with Crippen LogP contribution in [0.5, 0.6) is 17.2 Å². The molecule has 0 amide bonds. The van der Waals surface area contributed by atoms with Crippen LogP contribution in [0.2, 0.25) is 0 Å². The van der Waals surface area contributed by atoms with Gasteiger partial charge in [0.2, 0.25) is 6.79 Å². The molecule has 0 saturated heterocycles. The van der Waals surface area contributed by atoms with Gasteiger partial charge >= 0.3 is 0 Å². The monoisotopic (exact) mass is 222 g/mol. The van der Waals surface area contributed by atoms with Crippen molar-refractivity contribution >= 4 is 0 Å². The molecule has 0 saturated carbocycles. The molecule has 1 aliphatic heterocycles. The zero-order chi connectivity index (χ0) is 11.4. The van der Waals surface area contributed by atoms with Crippen LogP contribution in [0.25, 0.3) is 0 Å². The lowest BCUT2D eigenvalue weighted by Crippen LogP contribution is -2.16. The second kappa shape index (κ2) is 4.90. The lowest BCUT2D eigenvalue weighted by Gasteiger charge is -2.10. The summed E-state index contributed by atoms with van der Waals surface area (Å²) in [6, 6.07) is 5.33. The Kier molecular flexibility index (Phi) is 3.31. The lowest BCUT2D eigenvalue weighted by molar-refractivity contribution is 0.110. The molecule has 1 aromatic rings. The average molecular weight is 222 g/mol. The maximum Gasteiger partial charge on any atom is 0.231 e. The van der Waals surface area contributed by atoms with Crippen molar-refractivity contribution in [1.82, 2.24) is 0 Å². The first-order chi connectivity index (χ1) is 7.79. The SMILES string of the molecule is C=CC[C@@H](O)COc1ccc2c(c1)OCO2. The van der Waals surface area contributed by atoms with E-state index in [0.29, 0.717) is 17.9 Å². The van der Waals surface area contributed by atoms with Crippen LogP contribution >= 0.6 is 0 Å². The fourth-order valence-corrected chi connectivity index (χ4v) is 1.42. The number of fused-ring (bicyclic) bond motifs is 1. The molecule has 0 bridgehead atoms. The number of ether oxygens (including phenoxy) is 3. The van der Waals surface area contributed by atoms with Gasteiger partial charge in [0.25, 0.3) is 0 Å². The van der Waals surface area contributed by atoms with Gasteiger partial charge < -0.3 is 19.3 Å². The van der Waals surface area contributed by atoms with Gasteiger partial charge in [-0.3, -0.25) is 0 Å². The van der Waals surface area contributed by atoms with Crippen molar-refractivity contribution in [2.45, 2.75) is 12.5 Å². The molecule has 0 aromatic heterocycles. The highest BCUT2D eigenvalue weighted by molar-refractivity contribution is 5.46. The Hall–Kier alpha value is -1.68. The third-order valence-electron chi connectivity index (χ3n) is 2.23. The zero-order valence-corrected chi connectivity index (χ0v) is 8.89. The Balaban J connectivity index is 1.92. The summed E-state index contributed by atoms with van der Waals surface area (Å²) in [6.45, 7) is 4.04. The molecule has 1 aliphatic rings. The summed E-state index contributed by atoms with van der Waals surface area (Å²) in [4.78, 5) is 0. The number of rotatable bonds is 5. The van der Waals surface area contributed by atoms with E-state index in [9.17, 15) is 5.11 Å². The number of hydrogen-bond acceptors (Lipinski definition) is 4. The third-order valence-corrected chi connectivity index (χ3v) is 2.23. The molecule has 0 unspecified atom stereocenters. The van der Waals surface area contributed by atoms with E-state index in [1.165, 1.54) is 0 Å². The first-order valence-corrected chi connectivity index (χ1v) is 5.11. The van der Waals surface area contributed by atoms with Crippen LogP contribution < -0.4 is 14.2 Å². The molecule has 4 nitrogen and oxygen atoms in total. The van der Waals surface area contributed by atoms with Crippen LogP contribution in [-0.4, -0.2) is 24.6 Å². The maximum absolute atomic E-state index is 9.45. The minimum absolute atomic E-state index is 0.242. The van der Waals surface area contributed by atoms with Crippen LogP contribution in [0.4, 0.5) is 0 Å². The van der Waals surface area contributed by atoms with Gasteiger partial charge in [-0.1, -0.05) is 6.08 Å². The van der Waals surface area contributed by atoms with Crippen LogP contribution in [0.1, 0.15) is 6.42 Å². The van der Waals surface area contributed by atoms with Gasteiger partial charge in [-0.25, -0.2) is 0 Å². The quantitative estimate of drug-likeness (QED) is 0.771. The Morgan fingerprint density at radius 2 is 2.25 bits per heavy atom. The van der Waals surface area contributed by atoms with Gasteiger partial charge in [-0.2, -0.15) is 0 Å². The molecular weight excluding hydrogens is 208 g/mol. The summed E-state index contributed by atoms with van der Waals surface area (Å²) in [7, 11) is 0. The van der Waals surface area contributed by atoms with Crippen LogP contribution in [0.15, 0.2) is 30.9 Å². The lowest BCUT2D eigenvalue weighted by atomic mass is 10.2. The molecular formula is C12H14O4. The van der Waals surface area contributed by atoms with Crippen molar-refractivity contribution in [3.8, 4) is 17.2 Å². The van der Waals surface area contributed by atoms with Crippen molar-refractivity contribution in [2.75, 3.05) is 13.4 Å². The van der Waals surface area contributed by atoms with E-state index in [2.05, 4.69) is 6.58 Å². The van der Waals surface area contributed by atoms with Gasteiger partial charge in [0, 0.05) is 6.07 Å². The topological polar surface area (TPSA) is 47.9 Å². The van der Waals surface area contributed by atoms with E-state index >= 15 is 0 Å². The van der Waals surface area contributed by atoms with Crippen molar-refractivity contribution in [2.24, 2.45) is 0 Å². The highest BCUT2D eigenvalue weighted by Crippen LogP contribution is 2.35. The molecule has 0 fully saturated rings. The van der Waals surface area contributed by atoms with E-state index < -0.39 is 6.10 Å². The molecule has 1 N–H and O–H groups in total. The van der Waals surface area contributed by atoms with E-state index in [1.807, 2.05) is 0 Å². The fourth-order valence-electron chi connectivity index (χ4n) is 1.42. The summed E-state index contributed by atoms with van der Waals surface area (Å²) in [5.74, 6) is 2.06. The standard InChI is InChI=1S/C12H14O4/c1-2-3-9(13)7-14-10-4-5-11-12(6-10)16-8-15-11/h2,4-6,9,13H,1,3,7-8H2/t9-/m1/s1. The summed E-state index contributed by atoms with van der Waals surface area (Å²) >= 11 is 0. The number of benzene rings is 1. The summed E-state index contributed by atoms with van der Waals surface area (Å²) < 4.78 is 15.8. The molecule has 0 spiro atoms. The smallest absolute Gasteiger partial charge is 0.231 e. The molecule has 1 heterocycles. The van der Waals surface area contributed by atoms with Crippen LogP contribution in [-0.2, 0) is 0 Å². The van der Waals surface area contributed by atoms with Crippen molar-refractivity contribution in [3.63, 3.8) is 0 Å². The number of hydrogen-bond donors (Lipinski definition) is 1.